The van der Waals surface area contributed by atoms with Gasteiger partial charge in [-0.2, -0.15) is 0 Å². The lowest BCUT2D eigenvalue weighted by atomic mass is 9.75. The van der Waals surface area contributed by atoms with E-state index in [0.717, 1.165) is 29.1 Å². The van der Waals surface area contributed by atoms with Crippen molar-refractivity contribution in [3.8, 4) is 11.3 Å². The van der Waals surface area contributed by atoms with Gasteiger partial charge in [0.15, 0.2) is 0 Å². The molecular formula is C28H31NO3S. The van der Waals surface area contributed by atoms with Crippen LogP contribution >= 0.6 is 11.3 Å². The molecule has 3 aromatic rings. The van der Waals surface area contributed by atoms with E-state index >= 15 is 0 Å². The Hall–Kier alpha value is -2.79. The minimum Gasteiger partial charge on any atom is -0.460 e. The maximum atomic E-state index is 13.5. The molecule has 33 heavy (non-hydrogen) atoms. The van der Waals surface area contributed by atoms with Gasteiger partial charge in [-0.05, 0) is 57.6 Å². The number of Topliss-reactive ketones (excluding diaryl/α,β-unsaturated/α-hetero) is 1. The standard InChI is InChI=1S/C28H31NO3S/c1-27(2,3)32-26(31)18-28(16-21-12-7-8-13-22(21)17-28)24(30)14-9-15-25-29-23(19-33-25)20-10-5-4-6-11-20/h4-8,10-13,19H,9,14-18H2,1-3H3. The Balaban J connectivity index is 1.42. The van der Waals surface area contributed by atoms with E-state index in [2.05, 4.69) is 29.6 Å². The third kappa shape index (κ3) is 5.77. The van der Waals surface area contributed by atoms with E-state index < -0.39 is 11.0 Å². The number of carbonyl (C=O) groups is 2. The van der Waals surface area contributed by atoms with Gasteiger partial charge in [0.05, 0.1) is 17.1 Å². The molecule has 1 aromatic heterocycles. The zero-order valence-corrected chi connectivity index (χ0v) is 20.4. The first kappa shape index (κ1) is 23.4. The summed E-state index contributed by atoms with van der Waals surface area (Å²) in [7, 11) is 0. The molecule has 0 unspecified atom stereocenters. The smallest absolute Gasteiger partial charge is 0.307 e. The van der Waals surface area contributed by atoms with Crippen molar-refractivity contribution < 1.29 is 14.3 Å². The lowest BCUT2D eigenvalue weighted by Crippen LogP contribution is -2.37. The number of fused-ring (bicyclic) bond motifs is 1. The zero-order valence-electron chi connectivity index (χ0n) is 19.6. The van der Waals surface area contributed by atoms with Crippen LogP contribution in [-0.4, -0.2) is 22.3 Å². The number of nitrogens with zero attached hydrogens (tertiary/aromatic N) is 1. The molecule has 4 rings (SSSR count). The van der Waals surface area contributed by atoms with Crippen LogP contribution in [0.1, 0.15) is 56.2 Å². The van der Waals surface area contributed by atoms with Gasteiger partial charge in [-0.25, -0.2) is 4.98 Å². The predicted molar refractivity (Wildman–Crippen MR) is 132 cm³/mol. The highest BCUT2D eigenvalue weighted by atomic mass is 32.1. The van der Waals surface area contributed by atoms with Crippen LogP contribution in [-0.2, 0) is 33.6 Å². The van der Waals surface area contributed by atoms with Gasteiger partial charge < -0.3 is 4.74 Å². The fourth-order valence-corrected chi connectivity index (χ4v) is 5.45. The second-order valence-corrected chi connectivity index (χ2v) is 10.9. The van der Waals surface area contributed by atoms with Crippen LogP contribution < -0.4 is 0 Å². The summed E-state index contributed by atoms with van der Waals surface area (Å²) in [4.78, 5) is 31.0. The van der Waals surface area contributed by atoms with Crippen LogP contribution in [0.25, 0.3) is 11.3 Å². The molecule has 0 saturated heterocycles. The summed E-state index contributed by atoms with van der Waals surface area (Å²) in [6, 6.07) is 18.3. The number of rotatable bonds is 8. The van der Waals surface area contributed by atoms with Crippen LogP contribution in [0.15, 0.2) is 60.0 Å². The van der Waals surface area contributed by atoms with Gasteiger partial charge in [0, 0.05) is 22.8 Å². The van der Waals surface area contributed by atoms with Gasteiger partial charge in [0.1, 0.15) is 11.4 Å². The SMILES string of the molecule is CC(C)(C)OC(=O)CC1(C(=O)CCCc2nc(-c3ccccc3)cs2)Cc2ccccc2C1. The molecular weight excluding hydrogens is 430 g/mol. The molecule has 0 amide bonds. The van der Waals surface area contributed by atoms with Crippen molar-refractivity contribution in [2.75, 3.05) is 0 Å². The minimum absolute atomic E-state index is 0.132. The molecule has 0 bridgehead atoms. The second kappa shape index (κ2) is 9.60. The lowest BCUT2D eigenvalue weighted by Gasteiger charge is -2.29. The number of ether oxygens (including phenoxy) is 1. The Morgan fingerprint density at radius 3 is 2.27 bits per heavy atom. The highest BCUT2D eigenvalue weighted by Crippen LogP contribution is 2.42. The van der Waals surface area contributed by atoms with E-state index in [-0.39, 0.29) is 18.2 Å². The van der Waals surface area contributed by atoms with Crippen molar-refractivity contribution in [2.24, 2.45) is 5.41 Å². The Bertz CT molecular complexity index is 1100. The molecule has 2 aromatic carbocycles. The average Bonchev–Trinajstić information content (AvgIpc) is 3.38. The Kier molecular flexibility index (Phi) is 6.80. The molecule has 0 spiro atoms. The molecule has 0 atom stereocenters. The fourth-order valence-electron chi connectivity index (χ4n) is 4.60. The molecule has 4 nitrogen and oxygen atoms in total. The number of hydrogen-bond donors (Lipinski definition) is 0. The van der Waals surface area contributed by atoms with Gasteiger partial charge >= 0.3 is 5.97 Å². The monoisotopic (exact) mass is 461 g/mol. The van der Waals surface area contributed by atoms with E-state index in [1.54, 1.807) is 11.3 Å². The summed E-state index contributed by atoms with van der Waals surface area (Å²) >= 11 is 1.64. The van der Waals surface area contributed by atoms with E-state index in [4.69, 9.17) is 9.72 Å². The number of hydrogen-bond acceptors (Lipinski definition) is 5. The first-order valence-electron chi connectivity index (χ1n) is 11.6. The Labute approximate surface area is 200 Å². The van der Waals surface area contributed by atoms with Crippen molar-refractivity contribution in [1.82, 2.24) is 4.98 Å². The Morgan fingerprint density at radius 1 is 1.00 bits per heavy atom. The molecule has 0 saturated carbocycles. The quantitative estimate of drug-likeness (QED) is 0.374. The lowest BCUT2D eigenvalue weighted by molar-refractivity contribution is -0.159. The fraction of sp³-hybridized carbons (Fsp3) is 0.393. The van der Waals surface area contributed by atoms with Crippen molar-refractivity contribution in [1.29, 1.82) is 0 Å². The number of esters is 1. The minimum atomic E-state index is -0.704. The van der Waals surface area contributed by atoms with Gasteiger partial charge in [-0.3, -0.25) is 9.59 Å². The number of aryl methyl sites for hydroxylation is 1. The molecule has 0 fully saturated rings. The summed E-state index contributed by atoms with van der Waals surface area (Å²) in [6.45, 7) is 5.58. The predicted octanol–water partition coefficient (Wildman–Crippen LogP) is 6.22. The number of ketones is 1. The average molecular weight is 462 g/mol. The molecule has 172 valence electrons. The van der Waals surface area contributed by atoms with E-state index in [9.17, 15) is 9.59 Å². The van der Waals surface area contributed by atoms with E-state index in [1.165, 1.54) is 11.1 Å². The number of carbonyl (C=O) groups excluding carboxylic acids is 2. The largest absolute Gasteiger partial charge is 0.460 e. The maximum absolute atomic E-state index is 13.5. The summed E-state index contributed by atoms with van der Waals surface area (Å²) < 4.78 is 5.59. The third-order valence-corrected chi connectivity index (χ3v) is 6.99. The van der Waals surface area contributed by atoms with Gasteiger partial charge in [0.25, 0.3) is 0 Å². The first-order valence-corrected chi connectivity index (χ1v) is 12.4. The topological polar surface area (TPSA) is 56.3 Å². The summed E-state index contributed by atoms with van der Waals surface area (Å²) in [5, 5.41) is 3.11. The maximum Gasteiger partial charge on any atom is 0.307 e. The summed E-state index contributed by atoms with van der Waals surface area (Å²) in [5.74, 6) is -0.138. The van der Waals surface area contributed by atoms with E-state index in [1.807, 2.05) is 51.1 Å². The Morgan fingerprint density at radius 2 is 1.64 bits per heavy atom. The van der Waals surface area contributed by atoms with Crippen LogP contribution in [0.2, 0.25) is 0 Å². The van der Waals surface area contributed by atoms with E-state index in [0.29, 0.717) is 19.3 Å². The van der Waals surface area contributed by atoms with Gasteiger partial charge in [-0.15, -0.1) is 11.3 Å². The normalized spacial score (nSPS) is 14.6. The number of benzene rings is 2. The molecule has 0 N–H and O–H groups in total. The number of thiazole rings is 1. The molecule has 0 radical (unpaired) electrons. The highest BCUT2D eigenvalue weighted by Gasteiger charge is 2.45. The van der Waals surface area contributed by atoms with Crippen molar-refractivity contribution in [3.63, 3.8) is 0 Å². The second-order valence-electron chi connectivity index (χ2n) is 9.94. The molecule has 1 aliphatic carbocycles. The van der Waals surface area contributed by atoms with Gasteiger partial charge in [-0.1, -0.05) is 54.6 Å². The molecule has 1 aliphatic rings. The summed E-state index contributed by atoms with van der Waals surface area (Å²) in [5.41, 5.74) is 3.16. The van der Waals surface area contributed by atoms with Crippen LogP contribution in [0.4, 0.5) is 0 Å². The molecule has 5 heteroatoms. The van der Waals surface area contributed by atoms with Crippen molar-refractivity contribution in [2.45, 2.75) is 64.9 Å². The first-order chi connectivity index (χ1) is 15.7. The van der Waals surface area contributed by atoms with Gasteiger partial charge in [0.2, 0.25) is 0 Å². The highest BCUT2D eigenvalue weighted by molar-refractivity contribution is 7.09. The molecule has 0 aliphatic heterocycles. The van der Waals surface area contributed by atoms with Crippen LogP contribution in [0.5, 0.6) is 0 Å². The summed E-state index contributed by atoms with van der Waals surface area (Å²) in [6.07, 6.45) is 3.28. The van der Waals surface area contributed by atoms with Crippen LogP contribution in [0, 0.1) is 5.41 Å². The van der Waals surface area contributed by atoms with Crippen LogP contribution in [0.3, 0.4) is 0 Å². The van der Waals surface area contributed by atoms with Crippen molar-refractivity contribution in [3.05, 3.63) is 76.1 Å². The third-order valence-electron chi connectivity index (χ3n) is 6.09. The zero-order chi connectivity index (χ0) is 23.5. The van der Waals surface area contributed by atoms with Crippen molar-refractivity contribution >= 4 is 23.1 Å². The number of aromatic nitrogens is 1. The molecule has 1 heterocycles.